The zero-order valence-corrected chi connectivity index (χ0v) is 14.3. The number of anilines is 2. The largest absolute Gasteiger partial charge is 0.382 e. The molecule has 5 heteroatoms. The molecule has 1 aliphatic rings. The van der Waals surface area contributed by atoms with Gasteiger partial charge in [0.15, 0.2) is 0 Å². The second kappa shape index (κ2) is 7.99. The highest BCUT2D eigenvalue weighted by atomic mass is 16.1. The van der Waals surface area contributed by atoms with Gasteiger partial charge in [-0.15, -0.1) is 0 Å². The minimum absolute atomic E-state index is 0.0341. The third kappa shape index (κ3) is 4.85. The van der Waals surface area contributed by atoms with Crippen LogP contribution in [0, 0.1) is 0 Å². The standard InChI is InChI=1S/C19H26N4O/c1-23-14-15(13-20-23)7-12-19(24)22-18-10-8-17(9-11-18)21-16-5-3-2-4-6-16/h8-11,13-14,16,21H,2-7,12H2,1H3,(H,22,24). The first-order valence-corrected chi connectivity index (χ1v) is 8.83. The van der Waals surface area contributed by atoms with E-state index in [0.717, 1.165) is 16.9 Å². The van der Waals surface area contributed by atoms with Crippen LogP contribution in [0.4, 0.5) is 11.4 Å². The molecule has 1 aromatic heterocycles. The van der Waals surface area contributed by atoms with Crippen molar-refractivity contribution in [3.8, 4) is 0 Å². The van der Waals surface area contributed by atoms with Gasteiger partial charge in [0.1, 0.15) is 0 Å². The molecule has 2 aromatic rings. The molecule has 1 aliphatic carbocycles. The third-order valence-electron chi connectivity index (χ3n) is 4.54. The summed E-state index contributed by atoms with van der Waals surface area (Å²) < 4.78 is 1.76. The summed E-state index contributed by atoms with van der Waals surface area (Å²) in [7, 11) is 1.88. The lowest BCUT2D eigenvalue weighted by atomic mass is 9.95. The number of carbonyl (C=O) groups excluding carboxylic acids is 1. The summed E-state index contributed by atoms with van der Waals surface area (Å²) in [5.41, 5.74) is 3.07. The Kier molecular flexibility index (Phi) is 5.51. The van der Waals surface area contributed by atoms with Crippen molar-refractivity contribution in [1.29, 1.82) is 0 Å². The van der Waals surface area contributed by atoms with Gasteiger partial charge in [-0.2, -0.15) is 5.10 Å². The van der Waals surface area contributed by atoms with Gasteiger partial charge < -0.3 is 10.6 Å². The quantitative estimate of drug-likeness (QED) is 0.850. The number of benzene rings is 1. The van der Waals surface area contributed by atoms with Gasteiger partial charge in [-0.3, -0.25) is 9.48 Å². The maximum atomic E-state index is 12.0. The molecule has 3 rings (SSSR count). The minimum Gasteiger partial charge on any atom is -0.382 e. The monoisotopic (exact) mass is 326 g/mol. The van der Waals surface area contributed by atoms with E-state index < -0.39 is 0 Å². The molecule has 0 radical (unpaired) electrons. The van der Waals surface area contributed by atoms with Gasteiger partial charge in [-0.1, -0.05) is 19.3 Å². The van der Waals surface area contributed by atoms with Gasteiger partial charge >= 0.3 is 0 Å². The molecule has 0 atom stereocenters. The summed E-state index contributed by atoms with van der Waals surface area (Å²) in [6.45, 7) is 0. The van der Waals surface area contributed by atoms with E-state index in [0.29, 0.717) is 18.9 Å². The van der Waals surface area contributed by atoms with Crippen LogP contribution >= 0.6 is 0 Å². The van der Waals surface area contributed by atoms with Crippen molar-refractivity contribution in [2.24, 2.45) is 7.05 Å². The maximum absolute atomic E-state index is 12.0. The van der Waals surface area contributed by atoms with E-state index in [1.165, 1.54) is 32.1 Å². The summed E-state index contributed by atoms with van der Waals surface area (Å²) in [4.78, 5) is 12.0. The van der Waals surface area contributed by atoms with E-state index in [9.17, 15) is 4.79 Å². The van der Waals surface area contributed by atoms with Crippen LogP contribution in [0.2, 0.25) is 0 Å². The Balaban J connectivity index is 1.45. The molecule has 0 bridgehead atoms. The van der Waals surface area contributed by atoms with Gasteiger partial charge in [0.25, 0.3) is 0 Å². The zero-order valence-electron chi connectivity index (χ0n) is 14.3. The van der Waals surface area contributed by atoms with Crippen molar-refractivity contribution < 1.29 is 4.79 Å². The van der Waals surface area contributed by atoms with Crippen LogP contribution in [-0.4, -0.2) is 21.7 Å². The average Bonchev–Trinajstić information content (AvgIpc) is 3.01. The number of amides is 1. The van der Waals surface area contributed by atoms with Crippen molar-refractivity contribution in [2.45, 2.75) is 51.0 Å². The Hall–Kier alpha value is -2.30. The van der Waals surface area contributed by atoms with Crippen molar-refractivity contribution in [3.63, 3.8) is 0 Å². The first kappa shape index (κ1) is 16.6. The van der Waals surface area contributed by atoms with E-state index in [4.69, 9.17) is 0 Å². The first-order valence-electron chi connectivity index (χ1n) is 8.83. The molecule has 0 spiro atoms. The molecule has 24 heavy (non-hydrogen) atoms. The Bertz CT molecular complexity index is 656. The Morgan fingerprint density at radius 3 is 2.54 bits per heavy atom. The molecule has 1 amide bonds. The fraction of sp³-hybridized carbons (Fsp3) is 0.474. The van der Waals surface area contributed by atoms with Gasteiger partial charge in [0, 0.05) is 37.1 Å². The Morgan fingerprint density at radius 1 is 1.17 bits per heavy atom. The Labute approximate surface area is 143 Å². The number of hydrogen-bond acceptors (Lipinski definition) is 3. The Morgan fingerprint density at radius 2 is 1.88 bits per heavy atom. The lowest BCUT2D eigenvalue weighted by Crippen LogP contribution is -2.22. The topological polar surface area (TPSA) is 59.0 Å². The predicted molar refractivity (Wildman–Crippen MR) is 97.1 cm³/mol. The zero-order chi connectivity index (χ0) is 16.8. The molecular weight excluding hydrogens is 300 g/mol. The van der Waals surface area contributed by atoms with E-state index in [1.807, 2.05) is 37.5 Å². The van der Waals surface area contributed by atoms with Gasteiger partial charge in [0.2, 0.25) is 5.91 Å². The van der Waals surface area contributed by atoms with Gasteiger partial charge in [0.05, 0.1) is 6.20 Å². The molecule has 0 aliphatic heterocycles. The number of hydrogen-bond donors (Lipinski definition) is 2. The molecule has 128 valence electrons. The highest BCUT2D eigenvalue weighted by molar-refractivity contribution is 5.91. The van der Waals surface area contributed by atoms with Crippen LogP contribution in [0.1, 0.15) is 44.1 Å². The van der Waals surface area contributed by atoms with E-state index >= 15 is 0 Å². The number of rotatable bonds is 6. The summed E-state index contributed by atoms with van der Waals surface area (Å²) >= 11 is 0. The lowest BCUT2D eigenvalue weighted by Gasteiger charge is -2.23. The van der Waals surface area contributed by atoms with Crippen molar-refractivity contribution in [2.75, 3.05) is 10.6 Å². The first-order chi connectivity index (χ1) is 11.7. The second-order valence-electron chi connectivity index (χ2n) is 6.63. The van der Waals surface area contributed by atoms with Crippen LogP contribution in [0.5, 0.6) is 0 Å². The molecule has 1 aromatic carbocycles. The summed E-state index contributed by atoms with van der Waals surface area (Å²) in [5.74, 6) is 0.0341. The number of nitrogens with one attached hydrogen (secondary N) is 2. The minimum atomic E-state index is 0.0341. The van der Waals surface area contributed by atoms with Crippen LogP contribution in [0.3, 0.4) is 0 Å². The smallest absolute Gasteiger partial charge is 0.224 e. The third-order valence-corrected chi connectivity index (χ3v) is 4.54. The highest BCUT2D eigenvalue weighted by Crippen LogP contribution is 2.22. The average molecular weight is 326 g/mol. The fourth-order valence-electron chi connectivity index (χ4n) is 3.21. The predicted octanol–water partition coefficient (Wildman–Crippen LogP) is 3.74. The van der Waals surface area contributed by atoms with Crippen molar-refractivity contribution >= 4 is 17.3 Å². The van der Waals surface area contributed by atoms with Gasteiger partial charge in [-0.25, -0.2) is 0 Å². The summed E-state index contributed by atoms with van der Waals surface area (Å²) in [6, 6.07) is 8.62. The van der Waals surface area contributed by atoms with Crippen molar-refractivity contribution in [1.82, 2.24) is 9.78 Å². The SMILES string of the molecule is Cn1cc(CCC(=O)Nc2ccc(NC3CCCCC3)cc2)cn1. The molecular formula is C19H26N4O. The van der Waals surface area contributed by atoms with Gasteiger partial charge in [-0.05, 0) is 49.1 Å². The van der Waals surface area contributed by atoms with Crippen LogP contribution in [0.15, 0.2) is 36.7 Å². The molecule has 5 nitrogen and oxygen atoms in total. The number of aromatic nitrogens is 2. The number of nitrogens with zero attached hydrogens (tertiary/aromatic N) is 2. The van der Waals surface area contributed by atoms with E-state index in [-0.39, 0.29) is 5.91 Å². The molecule has 2 N–H and O–H groups in total. The number of aryl methyl sites for hydroxylation is 2. The van der Waals surface area contributed by atoms with Crippen LogP contribution in [-0.2, 0) is 18.3 Å². The molecule has 0 saturated heterocycles. The van der Waals surface area contributed by atoms with E-state index in [2.05, 4.69) is 15.7 Å². The fourth-order valence-corrected chi connectivity index (χ4v) is 3.21. The second-order valence-corrected chi connectivity index (χ2v) is 6.63. The lowest BCUT2D eigenvalue weighted by molar-refractivity contribution is -0.116. The molecule has 1 saturated carbocycles. The summed E-state index contributed by atoms with van der Waals surface area (Å²) in [6.07, 6.45) is 11.4. The van der Waals surface area contributed by atoms with Crippen LogP contribution < -0.4 is 10.6 Å². The summed E-state index contributed by atoms with van der Waals surface area (Å²) in [5, 5.41) is 10.7. The van der Waals surface area contributed by atoms with E-state index in [1.54, 1.807) is 10.9 Å². The number of carbonyl (C=O) groups is 1. The molecule has 1 heterocycles. The van der Waals surface area contributed by atoms with Crippen molar-refractivity contribution in [3.05, 3.63) is 42.2 Å². The van der Waals surface area contributed by atoms with Crippen LogP contribution in [0.25, 0.3) is 0 Å². The highest BCUT2D eigenvalue weighted by Gasteiger charge is 2.12. The normalized spacial score (nSPS) is 15.2. The molecule has 1 fully saturated rings. The maximum Gasteiger partial charge on any atom is 0.224 e. The molecule has 0 unspecified atom stereocenters.